The molecule has 0 unspecified atom stereocenters. The molecule has 0 aliphatic carbocycles. The SMILES string of the molecule is COc1cc(C=CC(=O)c2cccc(N3CCCC3=O)c2)cc(OC)c1O. The fraction of sp³-hybridized carbons (Fsp3) is 0.238. The second-order valence-electron chi connectivity index (χ2n) is 6.17. The zero-order valence-corrected chi connectivity index (χ0v) is 15.3. The van der Waals surface area contributed by atoms with Crippen LogP contribution >= 0.6 is 0 Å². The number of hydrogen-bond donors (Lipinski definition) is 1. The Balaban J connectivity index is 1.82. The predicted molar refractivity (Wildman–Crippen MR) is 103 cm³/mol. The summed E-state index contributed by atoms with van der Waals surface area (Å²) >= 11 is 0. The van der Waals surface area contributed by atoms with Crippen molar-refractivity contribution >= 4 is 23.5 Å². The maximum Gasteiger partial charge on any atom is 0.227 e. The van der Waals surface area contributed by atoms with Crippen molar-refractivity contribution in [2.45, 2.75) is 12.8 Å². The lowest BCUT2D eigenvalue weighted by molar-refractivity contribution is -0.117. The molecule has 2 aromatic carbocycles. The fourth-order valence-electron chi connectivity index (χ4n) is 3.03. The first-order valence-corrected chi connectivity index (χ1v) is 8.61. The Hall–Kier alpha value is -3.28. The molecule has 1 saturated heterocycles. The number of aromatic hydroxyl groups is 1. The van der Waals surface area contributed by atoms with E-state index in [1.165, 1.54) is 20.3 Å². The topological polar surface area (TPSA) is 76.1 Å². The molecular formula is C21H21NO5. The second-order valence-corrected chi connectivity index (χ2v) is 6.17. The third-order valence-corrected chi connectivity index (χ3v) is 4.45. The monoisotopic (exact) mass is 367 g/mol. The van der Waals surface area contributed by atoms with Crippen LogP contribution < -0.4 is 14.4 Å². The first kappa shape index (κ1) is 18.5. The molecule has 1 heterocycles. The number of ether oxygens (including phenoxy) is 2. The predicted octanol–water partition coefficient (Wildman–Crippen LogP) is 3.43. The highest BCUT2D eigenvalue weighted by atomic mass is 16.5. The minimum Gasteiger partial charge on any atom is -0.502 e. The molecular weight excluding hydrogens is 346 g/mol. The Kier molecular flexibility index (Phi) is 5.45. The van der Waals surface area contributed by atoms with Crippen LogP contribution in [0.2, 0.25) is 0 Å². The normalized spacial score (nSPS) is 14.0. The quantitative estimate of drug-likeness (QED) is 0.625. The average molecular weight is 367 g/mol. The number of carbonyl (C=O) groups is 2. The Morgan fingerprint density at radius 3 is 2.44 bits per heavy atom. The van der Waals surface area contributed by atoms with Gasteiger partial charge >= 0.3 is 0 Å². The zero-order chi connectivity index (χ0) is 19.4. The molecule has 0 aromatic heterocycles. The van der Waals surface area contributed by atoms with Crippen molar-refractivity contribution in [2.75, 3.05) is 25.7 Å². The van der Waals surface area contributed by atoms with E-state index in [0.717, 1.165) is 12.1 Å². The van der Waals surface area contributed by atoms with Gasteiger partial charge in [0.15, 0.2) is 17.3 Å². The lowest BCUT2D eigenvalue weighted by atomic mass is 10.1. The molecule has 27 heavy (non-hydrogen) atoms. The van der Waals surface area contributed by atoms with Crippen molar-refractivity contribution in [1.82, 2.24) is 0 Å². The van der Waals surface area contributed by atoms with E-state index < -0.39 is 0 Å². The zero-order valence-electron chi connectivity index (χ0n) is 15.3. The molecule has 0 spiro atoms. The van der Waals surface area contributed by atoms with Crippen molar-refractivity contribution in [1.29, 1.82) is 0 Å². The first-order valence-electron chi connectivity index (χ1n) is 8.61. The van der Waals surface area contributed by atoms with E-state index >= 15 is 0 Å². The van der Waals surface area contributed by atoms with Gasteiger partial charge in [-0.25, -0.2) is 0 Å². The third-order valence-electron chi connectivity index (χ3n) is 4.45. The number of phenols is 1. The molecule has 3 rings (SSSR count). The Labute approximate surface area is 157 Å². The number of anilines is 1. The summed E-state index contributed by atoms with van der Waals surface area (Å²) in [7, 11) is 2.89. The Morgan fingerprint density at radius 2 is 1.85 bits per heavy atom. The lowest BCUT2D eigenvalue weighted by Gasteiger charge is -2.16. The summed E-state index contributed by atoms with van der Waals surface area (Å²) in [6.07, 6.45) is 4.45. The number of methoxy groups -OCH3 is 2. The molecule has 6 nitrogen and oxygen atoms in total. The molecule has 1 aliphatic rings. The molecule has 1 fully saturated rings. The Morgan fingerprint density at radius 1 is 1.15 bits per heavy atom. The maximum absolute atomic E-state index is 12.5. The van der Waals surface area contributed by atoms with Crippen molar-refractivity contribution in [3.63, 3.8) is 0 Å². The number of allylic oxidation sites excluding steroid dienone is 1. The summed E-state index contributed by atoms with van der Waals surface area (Å²) < 4.78 is 10.2. The summed E-state index contributed by atoms with van der Waals surface area (Å²) in [5, 5.41) is 9.95. The molecule has 1 amide bonds. The number of rotatable bonds is 6. The maximum atomic E-state index is 12.5. The largest absolute Gasteiger partial charge is 0.502 e. The van der Waals surface area contributed by atoms with Gasteiger partial charge in [-0.15, -0.1) is 0 Å². The molecule has 2 aromatic rings. The van der Waals surface area contributed by atoms with Crippen molar-refractivity contribution in [3.05, 3.63) is 53.6 Å². The summed E-state index contributed by atoms with van der Waals surface area (Å²) in [6, 6.07) is 10.3. The van der Waals surface area contributed by atoms with Crippen LogP contribution in [0.3, 0.4) is 0 Å². The minimum absolute atomic E-state index is 0.0819. The number of hydrogen-bond acceptors (Lipinski definition) is 5. The fourth-order valence-corrected chi connectivity index (χ4v) is 3.03. The standard InChI is InChI=1S/C21H21NO5/c1-26-18-11-14(12-19(27-2)21(18)25)8-9-17(23)15-5-3-6-16(13-15)22-10-4-7-20(22)24/h3,5-6,8-9,11-13,25H,4,7,10H2,1-2H3. The minimum atomic E-state index is -0.186. The van der Waals surface area contributed by atoms with Gasteiger partial charge in [-0.2, -0.15) is 0 Å². The van der Waals surface area contributed by atoms with E-state index in [0.29, 0.717) is 24.1 Å². The number of benzene rings is 2. The van der Waals surface area contributed by atoms with Crippen LogP contribution in [0.1, 0.15) is 28.8 Å². The van der Waals surface area contributed by atoms with E-state index in [1.54, 1.807) is 41.3 Å². The highest BCUT2D eigenvalue weighted by Crippen LogP contribution is 2.37. The van der Waals surface area contributed by atoms with Crippen LogP contribution in [-0.2, 0) is 4.79 Å². The lowest BCUT2D eigenvalue weighted by Crippen LogP contribution is -2.23. The van der Waals surface area contributed by atoms with Gasteiger partial charge in [-0.1, -0.05) is 18.2 Å². The summed E-state index contributed by atoms with van der Waals surface area (Å²) in [5.41, 5.74) is 1.90. The first-order chi connectivity index (χ1) is 13.0. The molecule has 0 bridgehead atoms. The molecule has 1 N–H and O–H groups in total. The van der Waals surface area contributed by atoms with Gasteiger partial charge in [-0.05, 0) is 42.3 Å². The number of ketones is 1. The van der Waals surface area contributed by atoms with Crippen molar-refractivity contribution < 1.29 is 24.2 Å². The van der Waals surface area contributed by atoms with Crippen molar-refractivity contribution in [3.8, 4) is 17.2 Å². The van der Waals surface area contributed by atoms with Gasteiger partial charge in [0.25, 0.3) is 0 Å². The van der Waals surface area contributed by atoms with Gasteiger partial charge in [0.05, 0.1) is 14.2 Å². The summed E-state index contributed by atoms with van der Waals surface area (Å²) in [6.45, 7) is 0.680. The van der Waals surface area contributed by atoms with Gasteiger partial charge in [0, 0.05) is 24.2 Å². The average Bonchev–Trinajstić information content (AvgIpc) is 3.12. The van der Waals surface area contributed by atoms with Crippen LogP contribution in [-0.4, -0.2) is 37.6 Å². The molecule has 6 heteroatoms. The van der Waals surface area contributed by atoms with Gasteiger partial charge in [-0.3, -0.25) is 9.59 Å². The smallest absolute Gasteiger partial charge is 0.227 e. The van der Waals surface area contributed by atoms with Crippen LogP contribution in [0.4, 0.5) is 5.69 Å². The molecule has 1 aliphatic heterocycles. The van der Waals surface area contributed by atoms with Crippen LogP contribution in [0.25, 0.3) is 6.08 Å². The van der Waals surface area contributed by atoms with Gasteiger partial charge in [0.2, 0.25) is 11.7 Å². The number of phenolic OH excluding ortho intramolecular Hbond substituents is 1. The molecule has 0 saturated carbocycles. The molecule has 0 atom stereocenters. The number of carbonyl (C=O) groups excluding carboxylic acids is 2. The second kappa shape index (κ2) is 7.95. The van der Waals surface area contributed by atoms with Crippen LogP contribution in [0.15, 0.2) is 42.5 Å². The number of nitrogens with zero attached hydrogens (tertiary/aromatic N) is 1. The molecule has 0 radical (unpaired) electrons. The summed E-state index contributed by atoms with van der Waals surface area (Å²) in [5.74, 6) is 0.325. The summed E-state index contributed by atoms with van der Waals surface area (Å²) in [4.78, 5) is 26.1. The number of amides is 1. The molecule has 140 valence electrons. The van der Waals surface area contributed by atoms with E-state index in [1.807, 2.05) is 6.07 Å². The highest BCUT2D eigenvalue weighted by molar-refractivity contribution is 6.08. The third kappa shape index (κ3) is 3.95. The van der Waals surface area contributed by atoms with Crippen LogP contribution in [0.5, 0.6) is 17.2 Å². The van der Waals surface area contributed by atoms with E-state index in [2.05, 4.69) is 0 Å². The van der Waals surface area contributed by atoms with E-state index in [-0.39, 0.29) is 28.9 Å². The van der Waals surface area contributed by atoms with Crippen molar-refractivity contribution in [2.24, 2.45) is 0 Å². The van der Waals surface area contributed by atoms with E-state index in [4.69, 9.17) is 9.47 Å². The van der Waals surface area contributed by atoms with Crippen LogP contribution in [0, 0.1) is 0 Å². The van der Waals surface area contributed by atoms with E-state index in [9.17, 15) is 14.7 Å². The van der Waals surface area contributed by atoms with Gasteiger partial charge < -0.3 is 19.5 Å². The van der Waals surface area contributed by atoms with Gasteiger partial charge in [0.1, 0.15) is 0 Å². The highest BCUT2D eigenvalue weighted by Gasteiger charge is 2.22. The Bertz CT molecular complexity index is 878.